The lowest BCUT2D eigenvalue weighted by Crippen LogP contribution is -2.36. The Kier molecular flexibility index (Phi) is 5.33. The summed E-state index contributed by atoms with van der Waals surface area (Å²) in [6.45, 7) is -0.407. The highest BCUT2D eigenvalue weighted by Crippen LogP contribution is 2.13. The first-order valence-electron chi connectivity index (χ1n) is 5.55. The van der Waals surface area contributed by atoms with Gasteiger partial charge in [0.2, 0.25) is 5.78 Å². The van der Waals surface area contributed by atoms with Gasteiger partial charge in [-0.2, -0.15) is 0 Å². The van der Waals surface area contributed by atoms with E-state index in [0.717, 1.165) is 7.11 Å². The predicted molar refractivity (Wildman–Crippen MR) is 66.8 cm³/mol. The van der Waals surface area contributed by atoms with Crippen LogP contribution in [-0.4, -0.2) is 36.2 Å². The topological polar surface area (TPSA) is 116 Å². The molecule has 20 heavy (non-hydrogen) atoms. The van der Waals surface area contributed by atoms with Crippen molar-refractivity contribution in [3.63, 3.8) is 0 Å². The minimum Gasteiger partial charge on any atom is -0.468 e. The lowest BCUT2D eigenvalue weighted by Gasteiger charge is -2.03. The van der Waals surface area contributed by atoms with Crippen molar-refractivity contribution in [3.8, 4) is 0 Å². The van der Waals surface area contributed by atoms with E-state index in [1.165, 1.54) is 24.3 Å². The Morgan fingerprint density at radius 3 is 2.65 bits per heavy atom. The second-order valence-electron chi connectivity index (χ2n) is 3.79. The summed E-state index contributed by atoms with van der Waals surface area (Å²) in [5.41, 5.74) is 0.183. The van der Waals surface area contributed by atoms with Crippen LogP contribution in [0.25, 0.3) is 0 Å². The molecule has 8 nitrogen and oxygen atoms in total. The summed E-state index contributed by atoms with van der Waals surface area (Å²) in [5.74, 6) is -2.42. The SMILES string of the molecule is COC(=O)CNC(=O)C(=O)Cc1cccc([N+](=O)[O-])c1. The molecule has 0 bridgehead atoms. The number of hydrogen-bond donors (Lipinski definition) is 1. The number of Topliss-reactive ketones (excluding diaryl/α,β-unsaturated/α-hetero) is 1. The zero-order chi connectivity index (χ0) is 15.1. The number of nitrogens with one attached hydrogen (secondary N) is 1. The molecule has 1 aromatic carbocycles. The van der Waals surface area contributed by atoms with Crippen LogP contribution in [0.5, 0.6) is 0 Å². The predicted octanol–water partition coefficient (Wildman–Crippen LogP) is -0.00440. The molecule has 0 spiro atoms. The smallest absolute Gasteiger partial charge is 0.325 e. The molecule has 106 valence electrons. The van der Waals surface area contributed by atoms with Gasteiger partial charge in [-0.05, 0) is 5.56 Å². The van der Waals surface area contributed by atoms with E-state index >= 15 is 0 Å². The highest BCUT2D eigenvalue weighted by molar-refractivity contribution is 6.36. The monoisotopic (exact) mass is 280 g/mol. The highest BCUT2D eigenvalue weighted by atomic mass is 16.6. The molecule has 0 unspecified atom stereocenters. The van der Waals surface area contributed by atoms with Gasteiger partial charge in [0.25, 0.3) is 11.6 Å². The number of esters is 1. The van der Waals surface area contributed by atoms with Gasteiger partial charge in [0.1, 0.15) is 6.54 Å². The molecule has 0 aliphatic heterocycles. The molecule has 0 aliphatic carbocycles. The molecule has 0 heterocycles. The van der Waals surface area contributed by atoms with Crippen molar-refractivity contribution in [2.75, 3.05) is 13.7 Å². The molecule has 0 saturated carbocycles. The Hall–Kier alpha value is -2.77. The number of nitrogens with zero attached hydrogens (tertiary/aromatic N) is 1. The molecule has 0 saturated heterocycles. The summed E-state index contributed by atoms with van der Waals surface area (Å²) in [5, 5.41) is 12.7. The van der Waals surface area contributed by atoms with Gasteiger partial charge in [0.15, 0.2) is 0 Å². The van der Waals surface area contributed by atoms with Gasteiger partial charge in [0, 0.05) is 18.6 Å². The van der Waals surface area contributed by atoms with Crippen LogP contribution in [0.2, 0.25) is 0 Å². The normalized spacial score (nSPS) is 9.65. The number of rotatable bonds is 6. The van der Waals surface area contributed by atoms with Gasteiger partial charge in [-0.1, -0.05) is 12.1 Å². The van der Waals surface area contributed by atoms with E-state index in [-0.39, 0.29) is 12.1 Å². The van der Waals surface area contributed by atoms with E-state index in [4.69, 9.17) is 0 Å². The van der Waals surface area contributed by atoms with Crippen molar-refractivity contribution in [1.82, 2.24) is 5.32 Å². The maximum Gasteiger partial charge on any atom is 0.325 e. The first-order valence-corrected chi connectivity index (χ1v) is 5.55. The molecule has 0 aromatic heterocycles. The standard InChI is InChI=1S/C12H12N2O6/c1-20-11(16)7-13-12(17)10(15)6-8-3-2-4-9(5-8)14(18)19/h2-5H,6-7H2,1H3,(H,13,17). The van der Waals surface area contributed by atoms with Crippen LogP contribution >= 0.6 is 0 Å². The van der Waals surface area contributed by atoms with Crippen LogP contribution in [0.1, 0.15) is 5.56 Å². The Balaban J connectivity index is 2.61. The van der Waals surface area contributed by atoms with Crippen molar-refractivity contribution in [3.05, 3.63) is 39.9 Å². The second kappa shape index (κ2) is 6.98. The Morgan fingerprint density at radius 2 is 2.05 bits per heavy atom. The van der Waals surface area contributed by atoms with Crippen LogP contribution in [-0.2, 0) is 25.5 Å². The van der Waals surface area contributed by atoms with Crippen molar-refractivity contribution in [2.45, 2.75) is 6.42 Å². The number of hydrogen-bond acceptors (Lipinski definition) is 6. The molecule has 1 amide bonds. The number of carbonyl (C=O) groups excluding carboxylic acids is 3. The molecule has 1 rings (SSSR count). The van der Waals surface area contributed by atoms with Gasteiger partial charge >= 0.3 is 5.97 Å². The van der Waals surface area contributed by atoms with Crippen LogP contribution in [0.4, 0.5) is 5.69 Å². The fourth-order valence-corrected chi connectivity index (χ4v) is 1.37. The van der Waals surface area contributed by atoms with E-state index in [9.17, 15) is 24.5 Å². The van der Waals surface area contributed by atoms with Crippen molar-refractivity contribution in [1.29, 1.82) is 0 Å². The Labute approximate surface area is 113 Å². The minimum absolute atomic E-state index is 0.162. The highest BCUT2D eigenvalue weighted by Gasteiger charge is 2.16. The quantitative estimate of drug-likeness (QED) is 0.339. The summed E-state index contributed by atoms with van der Waals surface area (Å²) in [6, 6.07) is 5.42. The number of carbonyl (C=O) groups is 3. The van der Waals surface area contributed by atoms with Crippen LogP contribution in [0, 0.1) is 10.1 Å². The van der Waals surface area contributed by atoms with Gasteiger partial charge in [-0.15, -0.1) is 0 Å². The van der Waals surface area contributed by atoms with Crippen LogP contribution in [0.15, 0.2) is 24.3 Å². The first-order chi connectivity index (χ1) is 9.43. The molecule has 1 N–H and O–H groups in total. The number of nitro benzene ring substituents is 1. The minimum atomic E-state index is -0.943. The fourth-order valence-electron chi connectivity index (χ4n) is 1.37. The number of methoxy groups -OCH3 is 1. The number of non-ortho nitro benzene ring substituents is 1. The summed E-state index contributed by atoms with van der Waals surface area (Å²) in [6.07, 6.45) is -0.283. The number of ether oxygens (including phenoxy) is 1. The van der Waals surface area contributed by atoms with E-state index in [2.05, 4.69) is 10.1 Å². The molecular weight excluding hydrogens is 268 g/mol. The average Bonchev–Trinajstić information content (AvgIpc) is 2.44. The van der Waals surface area contributed by atoms with Gasteiger partial charge in [-0.25, -0.2) is 0 Å². The lowest BCUT2D eigenvalue weighted by molar-refractivity contribution is -0.384. The van der Waals surface area contributed by atoms with Crippen molar-refractivity contribution >= 4 is 23.3 Å². The molecule has 8 heteroatoms. The number of amides is 1. The fraction of sp³-hybridized carbons (Fsp3) is 0.250. The Bertz CT molecular complexity index is 555. The average molecular weight is 280 g/mol. The molecule has 0 radical (unpaired) electrons. The van der Waals surface area contributed by atoms with Gasteiger partial charge in [-0.3, -0.25) is 24.5 Å². The number of nitro groups is 1. The first kappa shape index (κ1) is 15.3. The third-order valence-electron chi connectivity index (χ3n) is 2.36. The summed E-state index contributed by atoms with van der Waals surface area (Å²) < 4.78 is 4.30. The largest absolute Gasteiger partial charge is 0.468 e. The second-order valence-corrected chi connectivity index (χ2v) is 3.79. The van der Waals surface area contributed by atoms with Crippen LogP contribution in [0.3, 0.4) is 0 Å². The third-order valence-corrected chi connectivity index (χ3v) is 2.36. The van der Waals surface area contributed by atoms with Gasteiger partial charge in [0.05, 0.1) is 12.0 Å². The number of ketones is 1. The van der Waals surface area contributed by atoms with Gasteiger partial charge < -0.3 is 10.1 Å². The molecule has 0 aliphatic rings. The maximum absolute atomic E-state index is 11.6. The van der Waals surface area contributed by atoms with E-state index in [0.29, 0.717) is 5.56 Å². The Morgan fingerprint density at radius 1 is 1.35 bits per heavy atom. The van der Waals surface area contributed by atoms with Crippen LogP contribution < -0.4 is 5.32 Å². The number of benzene rings is 1. The zero-order valence-electron chi connectivity index (χ0n) is 10.6. The summed E-state index contributed by atoms with van der Waals surface area (Å²) in [4.78, 5) is 43.7. The summed E-state index contributed by atoms with van der Waals surface area (Å²) >= 11 is 0. The third kappa shape index (κ3) is 4.48. The van der Waals surface area contributed by atoms with E-state index in [1.54, 1.807) is 0 Å². The maximum atomic E-state index is 11.6. The molecular formula is C12H12N2O6. The van der Waals surface area contributed by atoms with E-state index in [1.807, 2.05) is 0 Å². The molecule has 1 aromatic rings. The lowest BCUT2D eigenvalue weighted by atomic mass is 10.1. The zero-order valence-corrected chi connectivity index (χ0v) is 10.6. The van der Waals surface area contributed by atoms with E-state index < -0.39 is 29.1 Å². The van der Waals surface area contributed by atoms with Crippen molar-refractivity contribution < 1.29 is 24.0 Å². The molecule has 0 fully saturated rings. The van der Waals surface area contributed by atoms with Crippen molar-refractivity contribution in [2.24, 2.45) is 0 Å². The summed E-state index contributed by atoms with van der Waals surface area (Å²) in [7, 11) is 1.15. The molecule has 0 atom stereocenters.